The fourth-order valence-corrected chi connectivity index (χ4v) is 5.38. The van der Waals surface area contributed by atoms with Crippen LogP contribution in [-0.2, 0) is 9.59 Å². The van der Waals surface area contributed by atoms with Gasteiger partial charge in [0.2, 0.25) is 11.8 Å². The summed E-state index contributed by atoms with van der Waals surface area (Å²) >= 11 is 12.5. The number of carbonyl (C=O) groups is 2. The van der Waals surface area contributed by atoms with Crippen molar-refractivity contribution in [1.29, 1.82) is 0 Å². The van der Waals surface area contributed by atoms with Crippen molar-refractivity contribution in [1.82, 2.24) is 39.9 Å². The number of nitrogens with zero attached hydrogens (tertiary/aromatic N) is 8. The first kappa shape index (κ1) is 32.8. The summed E-state index contributed by atoms with van der Waals surface area (Å²) in [5.41, 5.74) is 5.26. The van der Waals surface area contributed by atoms with Crippen molar-refractivity contribution in [3.8, 4) is 45.2 Å². The van der Waals surface area contributed by atoms with Crippen molar-refractivity contribution in [2.75, 3.05) is 10.6 Å². The fraction of sp³-hybridized carbons (Fsp3) is 0.167. The molecule has 12 nitrogen and oxygen atoms in total. The Hall–Kier alpha value is -5.72. The number of carbonyl (C=O) groups excluding carboxylic acids is 2. The van der Waals surface area contributed by atoms with Crippen LogP contribution in [0.1, 0.15) is 25.7 Å². The van der Waals surface area contributed by atoms with Crippen molar-refractivity contribution < 1.29 is 9.59 Å². The Bertz CT molecular complexity index is 2010. The van der Waals surface area contributed by atoms with E-state index in [0.29, 0.717) is 55.7 Å². The zero-order valence-electron chi connectivity index (χ0n) is 26.4. The highest BCUT2D eigenvalue weighted by Gasteiger charge is 2.31. The molecule has 2 saturated carbocycles. The van der Waals surface area contributed by atoms with Crippen molar-refractivity contribution in [2.45, 2.75) is 25.7 Å². The van der Waals surface area contributed by atoms with Gasteiger partial charge in [0.1, 0.15) is 11.4 Å². The smallest absolute Gasteiger partial charge is 0.228 e. The standard InChI is InChI=1S/2C18H14ClN5O/c19-14-9-21-7-5-13(14)17-16(12-2-1-6-20-8-12)23-15(10-22-17)24-18(25)11-3-4-11;19-13-9-20-8-6-12(13)16-17(14-3-1-2-7-21-14)23-15(10-22-16)24-18(25)11-4-5-11/h1-2,5-11H,3-4H2,(H,23,24,25);1-3,6-11H,4-5H2,(H,23,24,25). The molecule has 2 N–H and O–H groups in total. The van der Waals surface area contributed by atoms with Crippen LogP contribution >= 0.6 is 23.2 Å². The molecule has 0 bridgehead atoms. The number of hydrogen-bond acceptors (Lipinski definition) is 10. The van der Waals surface area contributed by atoms with Gasteiger partial charge < -0.3 is 10.6 Å². The molecule has 0 aliphatic heterocycles. The first-order chi connectivity index (χ1) is 24.4. The summed E-state index contributed by atoms with van der Waals surface area (Å²) in [6.45, 7) is 0. The summed E-state index contributed by atoms with van der Waals surface area (Å²) in [5, 5.41) is 6.61. The van der Waals surface area contributed by atoms with Gasteiger partial charge in [0, 0.05) is 71.9 Å². The van der Waals surface area contributed by atoms with E-state index in [2.05, 4.69) is 50.5 Å². The van der Waals surface area contributed by atoms with E-state index >= 15 is 0 Å². The molecule has 2 fully saturated rings. The monoisotopic (exact) mass is 702 g/mol. The molecule has 248 valence electrons. The second-order valence-corrected chi connectivity index (χ2v) is 12.4. The number of amides is 2. The van der Waals surface area contributed by atoms with Gasteiger partial charge in [-0.1, -0.05) is 29.3 Å². The fourth-order valence-electron chi connectivity index (χ4n) is 4.96. The number of anilines is 2. The van der Waals surface area contributed by atoms with E-state index in [0.717, 1.165) is 36.8 Å². The lowest BCUT2D eigenvalue weighted by molar-refractivity contribution is -0.118. The molecule has 0 radical (unpaired) electrons. The van der Waals surface area contributed by atoms with Crippen LogP contribution in [0.5, 0.6) is 0 Å². The molecule has 2 aliphatic rings. The largest absolute Gasteiger partial charge is 0.309 e. The van der Waals surface area contributed by atoms with Crippen LogP contribution in [0.3, 0.4) is 0 Å². The average Bonchev–Trinajstić information content (AvgIpc) is 4.08. The lowest BCUT2D eigenvalue weighted by atomic mass is 10.1. The highest BCUT2D eigenvalue weighted by molar-refractivity contribution is 6.33. The molecule has 0 unspecified atom stereocenters. The molecule has 0 aromatic carbocycles. The van der Waals surface area contributed by atoms with E-state index in [1.807, 2.05) is 30.3 Å². The highest BCUT2D eigenvalue weighted by atomic mass is 35.5. The lowest BCUT2D eigenvalue weighted by Gasteiger charge is -2.11. The molecule has 0 atom stereocenters. The van der Waals surface area contributed by atoms with E-state index < -0.39 is 0 Å². The molecule has 2 amide bonds. The number of hydrogen-bond donors (Lipinski definition) is 2. The SMILES string of the molecule is O=C(Nc1cnc(-c2ccncc2Cl)c(-c2ccccn2)n1)C1CC1.O=C(Nc1cnc(-c2ccncc2Cl)c(-c2cccnc2)n1)C1CC1. The lowest BCUT2D eigenvalue weighted by Crippen LogP contribution is -2.15. The van der Waals surface area contributed by atoms with Gasteiger partial charge in [-0.25, -0.2) is 15.0 Å². The van der Waals surface area contributed by atoms with Crippen LogP contribution < -0.4 is 10.6 Å². The third-order valence-electron chi connectivity index (χ3n) is 7.84. The summed E-state index contributed by atoms with van der Waals surface area (Å²) in [7, 11) is 0. The minimum atomic E-state index is -0.0176. The number of pyridine rings is 4. The number of aromatic nitrogens is 8. The molecular weight excluding hydrogens is 675 g/mol. The Balaban J connectivity index is 0.000000157. The first-order valence-corrected chi connectivity index (χ1v) is 16.6. The third kappa shape index (κ3) is 7.77. The number of nitrogens with one attached hydrogen (secondary N) is 2. The Labute approximate surface area is 296 Å². The van der Waals surface area contributed by atoms with Crippen LogP contribution in [0.25, 0.3) is 45.2 Å². The minimum absolute atomic E-state index is 0.0128. The van der Waals surface area contributed by atoms with Crippen LogP contribution in [-0.4, -0.2) is 51.7 Å². The van der Waals surface area contributed by atoms with Crippen LogP contribution in [0, 0.1) is 11.8 Å². The van der Waals surface area contributed by atoms with Crippen molar-refractivity contribution in [2.24, 2.45) is 11.8 Å². The van der Waals surface area contributed by atoms with E-state index in [-0.39, 0.29) is 23.7 Å². The maximum absolute atomic E-state index is 12.0. The molecule has 6 aromatic rings. The molecule has 8 rings (SSSR count). The molecule has 0 saturated heterocycles. The Morgan fingerprint density at radius 1 is 0.560 bits per heavy atom. The van der Waals surface area contributed by atoms with Gasteiger partial charge in [-0.2, -0.15) is 0 Å². The Morgan fingerprint density at radius 2 is 1.12 bits per heavy atom. The van der Waals surface area contributed by atoms with Gasteiger partial charge in [-0.3, -0.25) is 34.5 Å². The van der Waals surface area contributed by atoms with E-state index in [1.165, 1.54) is 0 Å². The van der Waals surface area contributed by atoms with Gasteiger partial charge in [-0.05, 0) is 62.1 Å². The van der Waals surface area contributed by atoms with E-state index in [1.54, 1.807) is 67.9 Å². The summed E-state index contributed by atoms with van der Waals surface area (Å²) in [6.07, 6.45) is 18.3. The molecule has 2 aliphatic carbocycles. The summed E-state index contributed by atoms with van der Waals surface area (Å²) in [5.74, 6) is 0.987. The van der Waals surface area contributed by atoms with Crippen LogP contribution in [0.15, 0.2) is 98.2 Å². The summed E-state index contributed by atoms with van der Waals surface area (Å²) in [6, 6.07) is 12.8. The molecule has 14 heteroatoms. The Kier molecular flexibility index (Phi) is 9.72. The van der Waals surface area contributed by atoms with E-state index in [4.69, 9.17) is 23.2 Å². The maximum atomic E-state index is 12.0. The molecular formula is C36H28Cl2N10O2. The van der Waals surface area contributed by atoms with Gasteiger partial charge >= 0.3 is 0 Å². The van der Waals surface area contributed by atoms with Crippen LogP contribution in [0.2, 0.25) is 10.0 Å². The quantitative estimate of drug-likeness (QED) is 0.166. The van der Waals surface area contributed by atoms with Gasteiger partial charge in [-0.15, -0.1) is 0 Å². The number of rotatable bonds is 8. The second kappa shape index (κ2) is 14.8. The predicted molar refractivity (Wildman–Crippen MR) is 190 cm³/mol. The molecule has 50 heavy (non-hydrogen) atoms. The van der Waals surface area contributed by atoms with Crippen LogP contribution in [0.4, 0.5) is 11.6 Å². The minimum Gasteiger partial charge on any atom is -0.309 e. The zero-order valence-corrected chi connectivity index (χ0v) is 27.9. The maximum Gasteiger partial charge on any atom is 0.228 e. The summed E-state index contributed by atoms with van der Waals surface area (Å²) in [4.78, 5) is 58.7. The van der Waals surface area contributed by atoms with Gasteiger partial charge in [0.15, 0.2) is 11.6 Å². The molecule has 0 spiro atoms. The number of halogens is 2. The van der Waals surface area contributed by atoms with Gasteiger partial charge in [0.25, 0.3) is 0 Å². The highest BCUT2D eigenvalue weighted by Crippen LogP contribution is 2.36. The van der Waals surface area contributed by atoms with Gasteiger partial charge in [0.05, 0.1) is 39.5 Å². The van der Waals surface area contributed by atoms with Crippen molar-refractivity contribution in [3.63, 3.8) is 0 Å². The average molecular weight is 704 g/mol. The Morgan fingerprint density at radius 3 is 1.62 bits per heavy atom. The molecule has 6 heterocycles. The van der Waals surface area contributed by atoms with Crippen molar-refractivity contribution in [3.05, 3.63) is 108 Å². The normalized spacial score (nSPS) is 13.5. The molecule has 6 aromatic heterocycles. The predicted octanol–water partition coefficient (Wildman–Crippen LogP) is 7.21. The topological polar surface area (TPSA) is 161 Å². The first-order valence-electron chi connectivity index (χ1n) is 15.8. The zero-order chi connectivity index (χ0) is 34.5. The third-order valence-corrected chi connectivity index (χ3v) is 8.44. The van der Waals surface area contributed by atoms with E-state index in [9.17, 15) is 9.59 Å². The second-order valence-electron chi connectivity index (χ2n) is 11.6. The van der Waals surface area contributed by atoms with Crippen molar-refractivity contribution >= 4 is 46.7 Å². The summed E-state index contributed by atoms with van der Waals surface area (Å²) < 4.78 is 0.